The summed E-state index contributed by atoms with van der Waals surface area (Å²) in [7, 11) is 0. The molecular weight excluding hydrogens is 218 g/mol. The third-order valence-corrected chi connectivity index (χ3v) is 3.55. The number of hydrogen-bond acceptors (Lipinski definition) is 4. The summed E-state index contributed by atoms with van der Waals surface area (Å²) in [6.07, 6.45) is 5.11. The van der Waals surface area contributed by atoms with Gasteiger partial charge in [-0.05, 0) is 26.7 Å². The first kappa shape index (κ1) is 12.8. The van der Waals surface area contributed by atoms with E-state index < -0.39 is 0 Å². The number of hydrogen-bond donors (Lipinski definition) is 0. The van der Waals surface area contributed by atoms with Crippen molar-refractivity contribution in [1.82, 2.24) is 4.90 Å². The van der Waals surface area contributed by atoms with Crippen LogP contribution in [0.4, 0.5) is 0 Å². The van der Waals surface area contributed by atoms with Crippen LogP contribution in [0.25, 0.3) is 0 Å². The Morgan fingerprint density at radius 1 is 1.41 bits per heavy atom. The normalized spacial score (nSPS) is 30.1. The van der Waals surface area contributed by atoms with E-state index in [2.05, 4.69) is 4.90 Å². The number of morpholine rings is 1. The molecule has 4 heteroatoms. The second-order valence-corrected chi connectivity index (χ2v) is 5.27. The largest absolute Gasteiger partial charge is 0.462 e. The molecule has 1 heterocycles. The Morgan fingerprint density at radius 2 is 2.18 bits per heavy atom. The Morgan fingerprint density at radius 3 is 2.94 bits per heavy atom. The van der Waals surface area contributed by atoms with E-state index in [1.165, 1.54) is 12.8 Å². The summed E-state index contributed by atoms with van der Waals surface area (Å²) in [6, 6.07) is 0.428. The molecule has 0 amide bonds. The molecule has 2 atom stereocenters. The summed E-state index contributed by atoms with van der Waals surface area (Å²) in [5, 5.41) is 0. The van der Waals surface area contributed by atoms with Gasteiger partial charge in [-0.3, -0.25) is 9.69 Å². The van der Waals surface area contributed by atoms with Crippen molar-refractivity contribution >= 4 is 5.97 Å². The van der Waals surface area contributed by atoms with Crippen LogP contribution < -0.4 is 0 Å². The molecule has 0 aromatic rings. The van der Waals surface area contributed by atoms with Crippen LogP contribution in [0.1, 0.15) is 39.5 Å². The highest BCUT2D eigenvalue weighted by atomic mass is 16.5. The monoisotopic (exact) mass is 241 g/mol. The summed E-state index contributed by atoms with van der Waals surface area (Å²) in [5.74, 6) is -0.105. The zero-order valence-electron chi connectivity index (χ0n) is 10.9. The predicted octanol–water partition coefficient (Wildman–Crippen LogP) is 1.58. The minimum atomic E-state index is -0.105. The molecule has 0 aromatic carbocycles. The van der Waals surface area contributed by atoms with Gasteiger partial charge in [0.25, 0.3) is 0 Å². The molecule has 1 saturated carbocycles. The lowest BCUT2D eigenvalue weighted by Gasteiger charge is -2.43. The summed E-state index contributed by atoms with van der Waals surface area (Å²) in [5.41, 5.74) is 0. The van der Waals surface area contributed by atoms with Gasteiger partial charge in [0, 0.05) is 12.6 Å². The Kier molecular flexibility index (Phi) is 4.40. The molecule has 0 spiro atoms. The van der Waals surface area contributed by atoms with E-state index in [4.69, 9.17) is 9.47 Å². The summed E-state index contributed by atoms with van der Waals surface area (Å²) >= 11 is 0. The van der Waals surface area contributed by atoms with Crippen molar-refractivity contribution < 1.29 is 14.3 Å². The smallest absolute Gasteiger partial charge is 0.320 e. The molecule has 98 valence electrons. The molecular formula is C13H23NO3. The fourth-order valence-electron chi connectivity index (χ4n) is 2.84. The summed E-state index contributed by atoms with van der Waals surface area (Å²) in [6.45, 7) is 5.80. The van der Waals surface area contributed by atoms with Crippen LogP contribution in [0.15, 0.2) is 0 Å². The number of fused-ring (bicyclic) bond motifs is 1. The molecule has 2 fully saturated rings. The van der Waals surface area contributed by atoms with Crippen molar-refractivity contribution in [2.45, 2.75) is 57.8 Å². The number of carbonyl (C=O) groups excluding carboxylic acids is 1. The van der Waals surface area contributed by atoms with E-state index in [9.17, 15) is 4.79 Å². The van der Waals surface area contributed by atoms with Crippen molar-refractivity contribution in [3.63, 3.8) is 0 Å². The quantitative estimate of drug-likeness (QED) is 0.703. The van der Waals surface area contributed by atoms with Gasteiger partial charge in [-0.25, -0.2) is 0 Å². The highest BCUT2D eigenvalue weighted by Crippen LogP contribution is 2.28. The second-order valence-electron chi connectivity index (χ2n) is 5.27. The first-order chi connectivity index (χ1) is 8.16. The van der Waals surface area contributed by atoms with Gasteiger partial charge >= 0.3 is 5.97 Å². The maximum absolute atomic E-state index is 11.7. The third kappa shape index (κ3) is 3.42. The van der Waals surface area contributed by atoms with Gasteiger partial charge in [-0.15, -0.1) is 0 Å². The van der Waals surface area contributed by atoms with Gasteiger partial charge in [0.2, 0.25) is 0 Å². The molecule has 1 aliphatic heterocycles. The fourth-order valence-corrected chi connectivity index (χ4v) is 2.84. The van der Waals surface area contributed by atoms with Gasteiger partial charge in [-0.2, -0.15) is 0 Å². The van der Waals surface area contributed by atoms with E-state index in [0.29, 0.717) is 18.7 Å². The maximum Gasteiger partial charge on any atom is 0.320 e. The molecule has 0 radical (unpaired) electrons. The molecule has 1 aliphatic carbocycles. The Bertz CT molecular complexity index is 265. The van der Waals surface area contributed by atoms with Crippen LogP contribution in [0.5, 0.6) is 0 Å². The number of carbonyl (C=O) groups is 1. The summed E-state index contributed by atoms with van der Waals surface area (Å²) < 4.78 is 11.0. The molecule has 2 unspecified atom stereocenters. The molecule has 4 nitrogen and oxygen atoms in total. The maximum atomic E-state index is 11.7. The molecule has 0 N–H and O–H groups in total. The van der Waals surface area contributed by atoms with Gasteiger partial charge in [-0.1, -0.05) is 12.8 Å². The Hall–Kier alpha value is -0.610. The third-order valence-electron chi connectivity index (χ3n) is 3.55. The van der Waals surface area contributed by atoms with Crippen molar-refractivity contribution in [1.29, 1.82) is 0 Å². The Balaban J connectivity index is 1.88. The van der Waals surface area contributed by atoms with Crippen LogP contribution in [0.2, 0.25) is 0 Å². The van der Waals surface area contributed by atoms with Crippen LogP contribution in [-0.2, 0) is 14.3 Å². The number of ether oxygens (including phenoxy) is 2. The van der Waals surface area contributed by atoms with E-state index in [0.717, 1.165) is 26.0 Å². The summed E-state index contributed by atoms with van der Waals surface area (Å²) in [4.78, 5) is 13.9. The fraction of sp³-hybridized carbons (Fsp3) is 0.923. The first-order valence-corrected chi connectivity index (χ1v) is 6.72. The topological polar surface area (TPSA) is 38.8 Å². The Labute approximate surface area is 103 Å². The number of esters is 1. The average molecular weight is 241 g/mol. The lowest BCUT2D eigenvalue weighted by Crippen LogP contribution is -2.54. The van der Waals surface area contributed by atoms with Gasteiger partial charge in [0.15, 0.2) is 0 Å². The van der Waals surface area contributed by atoms with Gasteiger partial charge < -0.3 is 9.47 Å². The molecule has 2 aliphatic rings. The molecule has 17 heavy (non-hydrogen) atoms. The van der Waals surface area contributed by atoms with Crippen molar-refractivity contribution in [2.75, 3.05) is 19.7 Å². The number of nitrogens with zero attached hydrogens (tertiary/aromatic N) is 1. The van der Waals surface area contributed by atoms with Crippen LogP contribution in [0, 0.1) is 0 Å². The standard InChI is InChI=1S/C13H23NO3/c1-10(2)17-13(15)9-14-7-8-16-12-6-4-3-5-11(12)14/h10-12H,3-9H2,1-2H3. The van der Waals surface area contributed by atoms with Gasteiger partial charge in [0.1, 0.15) is 0 Å². The van der Waals surface area contributed by atoms with Crippen molar-refractivity contribution in [3.8, 4) is 0 Å². The minimum absolute atomic E-state index is 0.0225. The van der Waals surface area contributed by atoms with Crippen molar-refractivity contribution in [2.24, 2.45) is 0 Å². The highest BCUT2D eigenvalue weighted by Gasteiger charge is 2.35. The first-order valence-electron chi connectivity index (χ1n) is 6.72. The zero-order chi connectivity index (χ0) is 12.3. The lowest BCUT2D eigenvalue weighted by molar-refractivity contribution is -0.154. The van der Waals surface area contributed by atoms with Crippen LogP contribution >= 0.6 is 0 Å². The second kappa shape index (κ2) is 5.83. The number of rotatable bonds is 3. The molecule has 2 rings (SSSR count). The SMILES string of the molecule is CC(C)OC(=O)CN1CCOC2CCCCC21. The minimum Gasteiger partial charge on any atom is -0.462 e. The zero-order valence-corrected chi connectivity index (χ0v) is 10.9. The molecule has 1 saturated heterocycles. The van der Waals surface area contributed by atoms with E-state index in [1.54, 1.807) is 0 Å². The average Bonchev–Trinajstić information content (AvgIpc) is 2.28. The van der Waals surface area contributed by atoms with E-state index >= 15 is 0 Å². The van der Waals surface area contributed by atoms with Crippen molar-refractivity contribution in [3.05, 3.63) is 0 Å². The van der Waals surface area contributed by atoms with Crippen LogP contribution in [0.3, 0.4) is 0 Å². The molecule has 0 bridgehead atoms. The molecule has 0 aromatic heterocycles. The lowest BCUT2D eigenvalue weighted by atomic mass is 9.90. The predicted molar refractivity (Wildman–Crippen MR) is 64.8 cm³/mol. The van der Waals surface area contributed by atoms with E-state index in [1.807, 2.05) is 13.8 Å². The van der Waals surface area contributed by atoms with Gasteiger partial charge in [0.05, 0.1) is 25.4 Å². The van der Waals surface area contributed by atoms with E-state index in [-0.39, 0.29) is 12.1 Å². The highest BCUT2D eigenvalue weighted by molar-refractivity contribution is 5.71. The van der Waals surface area contributed by atoms with Crippen LogP contribution in [-0.4, -0.2) is 48.8 Å².